The van der Waals surface area contributed by atoms with E-state index >= 15 is 0 Å². The van der Waals surface area contributed by atoms with Gasteiger partial charge in [0.25, 0.3) is 0 Å². The van der Waals surface area contributed by atoms with Crippen molar-refractivity contribution in [2.24, 2.45) is 0 Å². The van der Waals surface area contributed by atoms with Gasteiger partial charge >= 0.3 is 6.03 Å². The van der Waals surface area contributed by atoms with E-state index in [4.69, 9.17) is 0 Å². The lowest BCUT2D eigenvalue weighted by Gasteiger charge is -1.98. The highest BCUT2D eigenvalue weighted by Crippen LogP contribution is 1.72. The van der Waals surface area contributed by atoms with Crippen LogP contribution in [0.1, 0.15) is 13.8 Å². The maximum Gasteiger partial charge on any atom is 0.318 e. The molecule has 11 heavy (non-hydrogen) atoms. The molecule has 0 aliphatic carbocycles. The van der Waals surface area contributed by atoms with Gasteiger partial charge in [0.2, 0.25) is 0 Å². The summed E-state index contributed by atoms with van der Waals surface area (Å²) in [6.07, 6.45) is 7.07. The Morgan fingerprint density at radius 2 is 2.18 bits per heavy atom. The first-order valence-electron chi connectivity index (χ1n) is 3.63. The van der Waals surface area contributed by atoms with Crippen molar-refractivity contribution in [2.45, 2.75) is 13.8 Å². The van der Waals surface area contributed by atoms with E-state index in [0.29, 0.717) is 6.54 Å². The summed E-state index contributed by atoms with van der Waals surface area (Å²) in [5.74, 6) is 0. The Morgan fingerprint density at radius 1 is 1.45 bits per heavy atom. The number of hydrogen-bond acceptors (Lipinski definition) is 1. The molecule has 0 heterocycles. The van der Waals surface area contributed by atoms with Crippen LogP contribution in [0.15, 0.2) is 24.4 Å². The molecular weight excluding hydrogens is 140 g/mol. The average molecular weight is 154 g/mol. The van der Waals surface area contributed by atoms with Crippen molar-refractivity contribution in [3.63, 3.8) is 0 Å². The van der Waals surface area contributed by atoms with Gasteiger partial charge in [-0.15, -0.1) is 0 Å². The number of carbonyl (C=O) groups is 1. The van der Waals surface area contributed by atoms with E-state index in [1.54, 1.807) is 12.3 Å². The van der Waals surface area contributed by atoms with Crippen LogP contribution in [0.25, 0.3) is 0 Å². The fourth-order valence-electron chi connectivity index (χ4n) is 0.502. The fraction of sp³-hybridized carbons (Fsp3) is 0.375. The van der Waals surface area contributed by atoms with Crippen molar-refractivity contribution in [1.82, 2.24) is 10.6 Å². The van der Waals surface area contributed by atoms with E-state index in [-0.39, 0.29) is 6.03 Å². The summed E-state index contributed by atoms with van der Waals surface area (Å²) in [6.45, 7) is 4.43. The first kappa shape index (κ1) is 9.75. The molecule has 0 aliphatic rings. The number of urea groups is 1. The van der Waals surface area contributed by atoms with Crippen LogP contribution in [0.4, 0.5) is 4.79 Å². The summed E-state index contributed by atoms with van der Waals surface area (Å²) in [5, 5.41) is 5.13. The quantitative estimate of drug-likeness (QED) is 0.593. The Bertz CT molecular complexity index is 161. The molecule has 0 bridgehead atoms. The lowest BCUT2D eigenvalue weighted by atomic mass is 10.5. The third-order valence-corrected chi connectivity index (χ3v) is 0.952. The fourth-order valence-corrected chi connectivity index (χ4v) is 0.502. The van der Waals surface area contributed by atoms with E-state index in [1.165, 1.54) is 0 Å². The third kappa shape index (κ3) is 6.64. The molecule has 0 radical (unpaired) electrons. The second-order valence-electron chi connectivity index (χ2n) is 1.89. The van der Waals surface area contributed by atoms with Crippen molar-refractivity contribution in [1.29, 1.82) is 0 Å². The van der Waals surface area contributed by atoms with Gasteiger partial charge in [-0.25, -0.2) is 4.79 Å². The number of rotatable bonds is 3. The number of carbonyl (C=O) groups excluding carboxylic acids is 1. The Labute approximate surface area is 67.2 Å². The molecule has 0 saturated carbocycles. The minimum absolute atomic E-state index is 0.173. The molecule has 0 aromatic rings. The summed E-state index contributed by atoms with van der Waals surface area (Å²) >= 11 is 0. The molecule has 62 valence electrons. The highest BCUT2D eigenvalue weighted by atomic mass is 16.2. The van der Waals surface area contributed by atoms with Crippen molar-refractivity contribution in [3.8, 4) is 0 Å². The van der Waals surface area contributed by atoms with Gasteiger partial charge in [-0.1, -0.05) is 12.2 Å². The Balaban J connectivity index is 3.44. The molecule has 3 heteroatoms. The van der Waals surface area contributed by atoms with E-state index < -0.39 is 0 Å². The van der Waals surface area contributed by atoms with Gasteiger partial charge in [0, 0.05) is 12.7 Å². The van der Waals surface area contributed by atoms with Gasteiger partial charge in [-0.3, -0.25) is 0 Å². The van der Waals surface area contributed by atoms with E-state index in [0.717, 1.165) is 0 Å². The maximum atomic E-state index is 10.7. The summed E-state index contributed by atoms with van der Waals surface area (Å²) in [7, 11) is 0. The van der Waals surface area contributed by atoms with Crippen LogP contribution in [0.5, 0.6) is 0 Å². The summed E-state index contributed by atoms with van der Waals surface area (Å²) in [6, 6.07) is -0.173. The van der Waals surface area contributed by atoms with Crippen LogP contribution < -0.4 is 10.6 Å². The molecule has 0 aliphatic heterocycles. The minimum Gasteiger partial charge on any atom is -0.338 e. The maximum absolute atomic E-state index is 10.7. The van der Waals surface area contributed by atoms with E-state index in [9.17, 15) is 4.79 Å². The highest BCUT2D eigenvalue weighted by Gasteiger charge is 1.89. The van der Waals surface area contributed by atoms with Crippen molar-refractivity contribution in [3.05, 3.63) is 24.4 Å². The summed E-state index contributed by atoms with van der Waals surface area (Å²) < 4.78 is 0. The zero-order valence-corrected chi connectivity index (χ0v) is 6.92. The molecule has 3 nitrogen and oxygen atoms in total. The summed E-state index contributed by atoms with van der Waals surface area (Å²) in [4.78, 5) is 10.7. The van der Waals surface area contributed by atoms with Gasteiger partial charge in [-0.05, 0) is 19.9 Å². The van der Waals surface area contributed by atoms with E-state index in [2.05, 4.69) is 10.6 Å². The number of amides is 2. The highest BCUT2D eigenvalue weighted by molar-refractivity contribution is 5.74. The van der Waals surface area contributed by atoms with Crippen LogP contribution in [0.2, 0.25) is 0 Å². The van der Waals surface area contributed by atoms with Crippen LogP contribution in [-0.2, 0) is 0 Å². The smallest absolute Gasteiger partial charge is 0.318 e. The van der Waals surface area contributed by atoms with E-state index in [1.807, 2.05) is 26.0 Å². The molecular formula is C8H14N2O. The Hall–Kier alpha value is -1.25. The molecule has 2 N–H and O–H groups in total. The topological polar surface area (TPSA) is 41.1 Å². The molecule has 0 atom stereocenters. The molecule has 2 amide bonds. The third-order valence-electron chi connectivity index (χ3n) is 0.952. The molecule has 0 rings (SSSR count). The predicted molar refractivity (Wildman–Crippen MR) is 46.2 cm³/mol. The SMILES string of the molecule is CC=CC=CNC(=O)NCC. The predicted octanol–water partition coefficient (Wildman–Crippen LogP) is 1.40. The Morgan fingerprint density at radius 3 is 2.73 bits per heavy atom. The normalized spacial score (nSPS) is 10.7. The number of allylic oxidation sites excluding steroid dienone is 3. The molecule has 0 spiro atoms. The second-order valence-corrected chi connectivity index (χ2v) is 1.89. The van der Waals surface area contributed by atoms with Crippen LogP contribution in [0.3, 0.4) is 0 Å². The standard InChI is InChI=1S/C8H14N2O/c1-3-5-6-7-10-8(11)9-4-2/h3,5-7H,4H2,1-2H3,(H2,9,10,11). The monoisotopic (exact) mass is 154 g/mol. The molecule has 0 saturated heterocycles. The van der Waals surface area contributed by atoms with Gasteiger partial charge in [0.1, 0.15) is 0 Å². The largest absolute Gasteiger partial charge is 0.338 e. The molecule has 0 fully saturated rings. The van der Waals surface area contributed by atoms with Crippen molar-refractivity contribution in [2.75, 3.05) is 6.54 Å². The van der Waals surface area contributed by atoms with Gasteiger partial charge in [-0.2, -0.15) is 0 Å². The first-order chi connectivity index (χ1) is 5.31. The molecule has 0 unspecified atom stereocenters. The Kier molecular flexibility index (Phi) is 6.08. The lowest BCUT2D eigenvalue weighted by Crippen LogP contribution is -2.31. The number of hydrogen-bond donors (Lipinski definition) is 2. The zero-order valence-electron chi connectivity index (χ0n) is 6.92. The average Bonchev–Trinajstić information content (AvgIpc) is 1.99. The molecule has 0 aromatic heterocycles. The summed E-state index contributed by atoms with van der Waals surface area (Å²) in [5.41, 5.74) is 0. The van der Waals surface area contributed by atoms with Crippen LogP contribution >= 0.6 is 0 Å². The first-order valence-corrected chi connectivity index (χ1v) is 3.63. The minimum atomic E-state index is -0.173. The number of nitrogens with one attached hydrogen (secondary N) is 2. The van der Waals surface area contributed by atoms with Gasteiger partial charge < -0.3 is 10.6 Å². The second kappa shape index (κ2) is 6.86. The van der Waals surface area contributed by atoms with Crippen LogP contribution in [0, 0.1) is 0 Å². The van der Waals surface area contributed by atoms with Gasteiger partial charge in [0.05, 0.1) is 0 Å². The molecule has 0 aromatic carbocycles. The van der Waals surface area contributed by atoms with Crippen molar-refractivity contribution < 1.29 is 4.79 Å². The van der Waals surface area contributed by atoms with Crippen LogP contribution in [-0.4, -0.2) is 12.6 Å². The van der Waals surface area contributed by atoms with Gasteiger partial charge in [0.15, 0.2) is 0 Å². The lowest BCUT2D eigenvalue weighted by molar-refractivity contribution is 0.244. The van der Waals surface area contributed by atoms with Crippen molar-refractivity contribution >= 4 is 6.03 Å². The zero-order chi connectivity index (χ0) is 8.53.